The summed E-state index contributed by atoms with van der Waals surface area (Å²) in [6.45, 7) is 2.22. The van der Waals surface area contributed by atoms with Gasteiger partial charge in [0.25, 0.3) is 0 Å². The molecule has 0 atom stereocenters. The highest BCUT2D eigenvalue weighted by molar-refractivity contribution is 5.91. The zero-order valence-electron chi connectivity index (χ0n) is 20.3. The number of alkyl halides is 3. The number of carbonyl (C=O) groups excluding carboxylic acids is 1. The highest BCUT2D eigenvalue weighted by atomic mass is 19.4. The first-order valence-electron chi connectivity index (χ1n) is 11.3. The fourth-order valence-corrected chi connectivity index (χ4v) is 3.22. The molecule has 0 aliphatic carbocycles. The first-order chi connectivity index (χ1) is 17.7. The number of halogens is 4. The first-order valence-corrected chi connectivity index (χ1v) is 11.3. The molecule has 0 saturated carbocycles. The maximum Gasteiger partial charge on any atom is 0.416 e. The normalized spacial score (nSPS) is 11.4. The van der Waals surface area contributed by atoms with Crippen LogP contribution < -0.4 is 15.0 Å². The lowest BCUT2D eigenvalue weighted by atomic mass is 10.1. The smallest absolute Gasteiger partial charge is 0.416 e. The van der Waals surface area contributed by atoms with Crippen molar-refractivity contribution in [3.8, 4) is 5.88 Å². The molecule has 3 aromatic rings. The molecule has 8 nitrogen and oxygen atoms in total. The Balaban J connectivity index is 1.70. The molecule has 0 aliphatic heterocycles. The van der Waals surface area contributed by atoms with Crippen LogP contribution in [0.25, 0.3) is 0 Å². The van der Waals surface area contributed by atoms with Crippen LogP contribution in [0.2, 0.25) is 0 Å². The van der Waals surface area contributed by atoms with Gasteiger partial charge in [-0.3, -0.25) is 9.69 Å². The van der Waals surface area contributed by atoms with Crippen LogP contribution in [0.15, 0.2) is 54.7 Å². The molecule has 3 rings (SSSR count). The minimum Gasteiger partial charge on any atom is -0.475 e. The number of benzene rings is 1. The van der Waals surface area contributed by atoms with Crippen molar-refractivity contribution >= 4 is 23.6 Å². The number of anilines is 3. The quantitative estimate of drug-likeness (QED) is 0.154. The van der Waals surface area contributed by atoms with Gasteiger partial charge in [-0.1, -0.05) is 6.07 Å². The Morgan fingerprint density at radius 2 is 1.86 bits per heavy atom. The van der Waals surface area contributed by atoms with E-state index >= 15 is 0 Å². The fraction of sp³-hybridized carbons (Fsp3) is 0.320. The monoisotopic (exact) mass is 521 g/mol. The van der Waals surface area contributed by atoms with Crippen molar-refractivity contribution in [2.24, 2.45) is 0 Å². The van der Waals surface area contributed by atoms with Crippen molar-refractivity contribution in [3.05, 3.63) is 71.8 Å². The van der Waals surface area contributed by atoms with E-state index in [1.807, 2.05) is 19.0 Å². The average Bonchev–Trinajstić information content (AvgIpc) is 2.86. The summed E-state index contributed by atoms with van der Waals surface area (Å²) in [6, 6.07) is 9.91. The van der Waals surface area contributed by atoms with E-state index in [0.29, 0.717) is 37.7 Å². The van der Waals surface area contributed by atoms with Crippen molar-refractivity contribution in [2.75, 3.05) is 50.7 Å². The molecule has 0 bridgehead atoms. The van der Waals surface area contributed by atoms with E-state index in [4.69, 9.17) is 9.47 Å². The fourth-order valence-electron chi connectivity index (χ4n) is 3.22. The van der Waals surface area contributed by atoms with E-state index in [1.165, 1.54) is 18.2 Å². The predicted octanol–water partition coefficient (Wildman–Crippen LogP) is 4.50. The number of ether oxygens (including phenoxy) is 2. The largest absolute Gasteiger partial charge is 0.475 e. The van der Waals surface area contributed by atoms with Crippen molar-refractivity contribution in [3.63, 3.8) is 0 Å². The van der Waals surface area contributed by atoms with Crippen molar-refractivity contribution in [2.45, 2.75) is 12.7 Å². The van der Waals surface area contributed by atoms with Crippen LogP contribution in [0.3, 0.4) is 0 Å². The van der Waals surface area contributed by atoms with Crippen LogP contribution in [0.1, 0.15) is 11.1 Å². The second kappa shape index (κ2) is 13.0. The van der Waals surface area contributed by atoms with E-state index in [9.17, 15) is 22.4 Å². The molecule has 1 N–H and O–H groups in total. The highest BCUT2D eigenvalue weighted by Gasteiger charge is 2.31. The molecule has 37 heavy (non-hydrogen) atoms. The molecule has 0 unspecified atom stereocenters. The summed E-state index contributed by atoms with van der Waals surface area (Å²) in [5, 5.41) is 2.94. The Labute approximate surface area is 211 Å². The SMILES string of the molecule is CN(C)CCOCCOc1cc(CNc2nc(F)ccc2N(C=O)c2cccc(C(F)(F)F)c2)ccn1. The lowest BCUT2D eigenvalue weighted by Gasteiger charge is -2.22. The number of pyridine rings is 2. The summed E-state index contributed by atoms with van der Waals surface area (Å²) < 4.78 is 64.5. The lowest BCUT2D eigenvalue weighted by Crippen LogP contribution is -2.19. The summed E-state index contributed by atoms with van der Waals surface area (Å²) >= 11 is 0. The van der Waals surface area contributed by atoms with E-state index < -0.39 is 17.7 Å². The van der Waals surface area contributed by atoms with Crippen LogP contribution in [-0.2, 0) is 22.3 Å². The molecule has 198 valence electrons. The van der Waals surface area contributed by atoms with E-state index in [2.05, 4.69) is 15.3 Å². The van der Waals surface area contributed by atoms with Gasteiger partial charge in [-0.05, 0) is 56.1 Å². The van der Waals surface area contributed by atoms with E-state index in [0.717, 1.165) is 29.6 Å². The number of nitrogens with zero attached hydrogens (tertiary/aromatic N) is 4. The molecule has 0 saturated heterocycles. The number of hydrogen-bond donors (Lipinski definition) is 1. The van der Waals surface area contributed by atoms with Gasteiger partial charge in [-0.15, -0.1) is 0 Å². The van der Waals surface area contributed by atoms with Crippen LogP contribution in [0, 0.1) is 5.95 Å². The molecule has 0 fully saturated rings. The number of rotatable bonds is 13. The molecule has 2 heterocycles. The van der Waals surface area contributed by atoms with Gasteiger partial charge in [0.15, 0.2) is 5.82 Å². The summed E-state index contributed by atoms with van der Waals surface area (Å²) in [5.41, 5.74) is -0.175. The van der Waals surface area contributed by atoms with Crippen LogP contribution in [0.4, 0.5) is 34.8 Å². The van der Waals surface area contributed by atoms with Gasteiger partial charge in [-0.2, -0.15) is 17.6 Å². The molecule has 1 aromatic carbocycles. The molecule has 1 amide bonds. The maximum absolute atomic E-state index is 13.9. The van der Waals surface area contributed by atoms with Crippen LogP contribution in [0.5, 0.6) is 5.88 Å². The molecular weight excluding hydrogens is 494 g/mol. The number of likely N-dealkylation sites (N-methyl/N-ethyl adjacent to an activating group) is 1. The van der Waals surface area contributed by atoms with Gasteiger partial charge in [0.2, 0.25) is 18.2 Å². The second-order valence-electron chi connectivity index (χ2n) is 8.15. The van der Waals surface area contributed by atoms with Crippen LogP contribution in [-0.4, -0.2) is 61.7 Å². The predicted molar refractivity (Wildman–Crippen MR) is 130 cm³/mol. The summed E-state index contributed by atoms with van der Waals surface area (Å²) in [7, 11) is 3.90. The highest BCUT2D eigenvalue weighted by Crippen LogP contribution is 2.35. The van der Waals surface area contributed by atoms with E-state index in [-0.39, 0.29) is 23.7 Å². The third kappa shape index (κ3) is 8.40. The van der Waals surface area contributed by atoms with E-state index in [1.54, 1.807) is 18.3 Å². The Kier molecular flexibility index (Phi) is 9.75. The first kappa shape index (κ1) is 27.8. The summed E-state index contributed by atoms with van der Waals surface area (Å²) in [5.74, 6) is -0.492. The van der Waals surface area contributed by atoms with Gasteiger partial charge in [0.05, 0.1) is 24.5 Å². The Bertz CT molecular complexity index is 1180. The van der Waals surface area contributed by atoms with Gasteiger partial charge in [0.1, 0.15) is 6.61 Å². The standard InChI is InChI=1S/C25H27F4N5O3/c1-33(2)10-11-36-12-13-37-23-14-18(8-9-30-23)16-31-24-21(6-7-22(26)32-24)34(17-35)20-5-3-4-19(15-20)25(27,28)29/h3-9,14-15,17H,10-13,16H2,1-2H3,(H,31,32). The Morgan fingerprint density at radius 1 is 1.05 bits per heavy atom. The van der Waals surface area contributed by atoms with Crippen molar-refractivity contribution < 1.29 is 31.8 Å². The van der Waals surface area contributed by atoms with Crippen molar-refractivity contribution in [1.29, 1.82) is 0 Å². The maximum atomic E-state index is 13.9. The van der Waals surface area contributed by atoms with Gasteiger partial charge in [-0.25, -0.2) is 9.97 Å². The minimum atomic E-state index is -4.59. The van der Waals surface area contributed by atoms with Gasteiger partial charge >= 0.3 is 6.18 Å². The molecule has 0 radical (unpaired) electrons. The molecular formula is C25H27F4N5O3. The zero-order valence-corrected chi connectivity index (χ0v) is 20.3. The second-order valence-corrected chi connectivity index (χ2v) is 8.15. The summed E-state index contributed by atoms with van der Waals surface area (Å²) in [6.07, 6.45) is -2.71. The van der Waals surface area contributed by atoms with Crippen molar-refractivity contribution in [1.82, 2.24) is 14.9 Å². The summed E-state index contributed by atoms with van der Waals surface area (Å²) in [4.78, 5) is 22.8. The zero-order chi connectivity index (χ0) is 26.8. The average molecular weight is 522 g/mol. The van der Waals surface area contributed by atoms with Crippen LogP contribution >= 0.6 is 0 Å². The molecule has 2 aromatic heterocycles. The molecule has 0 spiro atoms. The van der Waals surface area contributed by atoms with Gasteiger partial charge in [0, 0.05) is 31.0 Å². The third-order valence-corrected chi connectivity index (χ3v) is 5.08. The van der Waals surface area contributed by atoms with Gasteiger partial charge < -0.3 is 19.7 Å². The minimum absolute atomic E-state index is 0.0296. The number of amides is 1. The Hall–Kier alpha value is -3.77. The number of aromatic nitrogens is 2. The number of hydrogen-bond acceptors (Lipinski definition) is 7. The Morgan fingerprint density at radius 3 is 2.59 bits per heavy atom. The molecule has 12 heteroatoms. The topological polar surface area (TPSA) is 79.8 Å². The molecule has 0 aliphatic rings. The number of carbonyl (C=O) groups is 1. The number of nitrogens with one attached hydrogen (secondary N) is 1. The lowest BCUT2D eigenvalue weighted by molar-refractivity contribution is -0.137. The third-order valence-electron chi connectivity index (χ3n) is 5.08.